The van der Waals surface area contributed by atoms with Crippen molar-refractivity contribution < 1.29 is 4.74 Å². The number of benzene rings is 1. The summed E-state index contributed by atoms with van der Waals surface area (Å²) in [6.45, 7) is 3.35. The molecule has 1 aliphatic rings. The van der Waals surface area contributed by atoms with Gasteiger partial charge in [0.05, 0.1) is 13.2 Å². The number of morpholine rings is 1. The summed E-state index contributed by atoms with van der Waals surface area (Å²) in [5.41, 5.74) is 2.01. The summed E-state index contributed by atoms with van der Waals surface area (Å²) in [6.07, 6.45) is 0. The maximum Gasteiger partial charge on any atom is 0.232 e. The lowest BCUT2D eigenvalue weighted by atomic mass is 10.2. The molecule has 1 aromatic carbocycles. The summed E-state index contributed by atoms with van der Waals surface area (Å²) in [6, 6.07) is 7.99. The third-order valence-corrected chi connectivity index (χ3v) is 3.42. The summed E-state index contributed by atoms with van der Waals surface area (Å²) < 4.78 is 5.34. The maximum absolute atomic E-state index is 5.74. The Hall–Kier alpha value is -1.63. The number of anilines is 3. The predicted molar refractivity (Wildman–Crippen MR) is 82.6 cm³/mol. The van der Waals surface area contributed by atoms with E-state index in [0.29, 0.717) is 5.95 Å². The fourth-order valence-electron chi connectivity index (χ4n) is 2.09. The van der Waals surface area contributed by atoms with Crippen molar-refractivity contribution in [3.05, 3.63) is 34.8 Å². The minimum absolute atomic E-state index is 0.0578. The van der Waals surface area contributed by atoms with Crippen LogP contribution in [0.5, 0.6) is 0 Å². The van der Waals surface area contributed by atoms with Crippen molar-refractivity contribution in [3.8, 4) is 0 Å². The van der Waals surface area contributed by atoms with Gasteiger partial charge >= 0.3 is 0 Å². The Morgan fingerprint density at radius 3 is 2.19 bits per heavy atom. The second kappa shape index (κ2) is 6.43. The minimum Gasteiger partial charge on any atom is -0.378 e. The van der Waals surface area contributed by atoms with Gasteiger partial charge < -0.3 is 15.0 Å². The maximum atomic E-state index is 5.74. The van der Waals surface area contributed by atoms with Crippen LogP contribution in [0.2, 0.25) is 10.6 Å². The Kier molecular flexibility index (Phi) is 4.38. The molecule has 1 fully saturated rings. The summed E-state index contributed by atoms with van der Waals surface area (Å²) >= 11 is 11.5. The third-order valence-electron chi connectivity index (χ3n) is 3.08. The first-order chi connectivity index (χ1) is 10.2. The summed E-state index contributed by atoms with van der Waals surface area (Å²) in [7, 11) is 0. The van der Waals surface area contributed by atoms with E-state index in [-0.39, 0.29) is 10.6 Å². The topological polar surface area (TPSA) is 63.2 Å². The van der Waals surface area contributed by atoms with Gasteiger partial charge in [-0.05, 0) is 47.5 Å². The highest BCUT2D eigenvalue weighted by Gasteiger charge is 2.11. The van der Waals surface area contributed by atoms with Crippen LogP contribution in [0.15, 0.2) is 24.3 Å². The van der Waals surface area contributed by atoms with Crippen LogP contribution in [0.3, 0.4) is 0 Å². The molecule has 0 aliphatic carbocycles. The highest BCUT2D eigenvalue weighted by molar-refractivity contribution is 6.31. The van der Waals surface area contributed by atoms with Crippen LogP contribution in [0.25, 0.3) is 0 Å². The standard InChI is InChI=1S/C13H13Cl2N5O/c14-11-17-12(15)19-13(18-11)16-9-1-3-10(4-2-9)20-5-7-21-8-6-20/h1-4H,5-8H2,(H,16,17,18,19). The lowest BCUT2D eigenvalue weighted by Crippen LogP contribution is -2.36. The molecule has 1 aliphatic heterocycles. The first kappa shape index (κ1) is 14.3. The molecule has 3 rings (SSSR count). The molecule has 1 aromatic heterocycles. The molecule has 6 nitrogen and oxygen atoms in total. The Labute approximate surface area is 132 Å². The third kappa shape index (κ3) is 3.72. The van der Waals surface area contributed by atoms with E-state index in [1.807, 2.05) is 24.3 Å². The van der Waals surface area contributed by atoms with Gasteiger partial charge in [0.1, 0.15) is 0 Å². The minimum atomic E-state index is 0.0578. The van der Waals surface area contributed by atoms with Gasteiger partial charge in [-0.15, -0.1) is 0 Å². The van der Waals surface area contributed by atoms with Crippen molar-refractivity contribution in [2.45, 2.75) is 0 Å². The van der Waals surface area contributed by atoms with Gasteiger partial charge in [-0.3, -0.25) is 0 Å². The smallest absolute Gasteiger partial charge is 0.232 e. The highest BCUT2D eigenvalue weighted by Crippen LogP contribution is 2.21. The van der Waals surface area contributed by atoms with Crippen molar-refractivity contribution >= 4 is 40.5 Å². The molecule has 21 heavy (non-hydrogen) atoms. The lowest BCUT2D eigenvalue weighted by Gasteiger charge is -2.28. The van der Waals surface area contributed by atoms with E-state index in [4.69, 9.17) is 27.9 Å². The normalized spacial score (nSPS) is 15.0. The fraction of sp³-hybridized carbons (Fsp3) is 0.308. The largest absolute Gasteiger partial charge is 0.378 e. The van der Waals surface area contributed by atoms with Crippen LogP contribution in [-0.4, -0.2) is 41.3 Å². The van der Waals surface area contributed by atoms with Gasteiger partial charge in [0.2, 0.25) is 16.5 Å². The summed E-state index contributed by atoms with van der Waals surface area (Å²) in [4.78, 5) is 13.9. The van der Waals surface area contributed by atoms with E-state index in [9.17, 15) is 0 Å². The number of nitrogens with zero attached hydrogens (tertiary/aromatic N) is 4. The van der Waals surface area contributed by atoms with E-state index < -0.39 is 0 Å². The van der Waals surface area contributed by atoms with Crippen molar-refractivity contribution in [2.75, 3.05) is 36.5 Å². The zero-order chi connectivity index (χ0) is 14.7. The van der Waals surface area contributed by atoms with Crippen LogP contribution in [0, 0.1) is 0 Å². The number of ether oxygens (including phenoxy) is 1. The van der Waals surface area contributed by atoms with Crippen LogP contribution < -0.4 is 10.2 Å². The van der Waals surface area contributed by atoms with Crippen LogP contribution in [-0.2, 0) is 4.74 Å². The second-order valence-corrected chi connectivity index (χ2v) is 5.14. The average molecular weight is 326 g/mol. The van der Waals surface area contributed by atoms with Crippen LogP contribution in [0.1, 0.15) is 0 Å². The SMILES string of the molecule is Clc1nc(Cl)nc(Nc2ccc(N3CCOCC3)cc2)n1. The predicted octanol–water partition coefficient (Wildman–Crippen LogP) is 2.76. The molecule has 8 heteroatoms. The first-order valence-corrected chi connectivity index (χ1v) is 7.23. The molecule has 0 saturated carbocycles. The Morgan fingerprint density at radius 2 is 1.57 bits per heavy atom. The van der Waals surface area contributed by atoms with E-state index in [2.05, 4.69) is 25.2 Å². The zero-order valence-corrected chi connectivity index (χ0v) is 12.6. The van der Waals surface area contributed by atoms with Crippen LogP contribution >= 0.6 is 23.2 Å². The number of halogens is 2. The average Bonchev–Trinajstić information content (AvgIpc) is 2.48. The van der Waals surface area contributed by atoms with Gasteiger partial charge in [-0.25, -0.2) is 0 Å². The van der Waals surface area contributed by atoms with Gasteiger partial charge in [0, 0.05) is 24.5 Å². The molecule has 0 radical (unpaired) electrons. The Balaban J connectivity index is 1.71. The molecular weight excluding hydrogens is 313 g/mol. The van der Waals surface area contributed by atoms with E-state index >= 15 is 0 Å². The molecule has 110 valence electrons. The monoisotopic (exact) mass is 325 g/mol. The van der Waals surface area contributed by atoms with Crippen molar-refractivity contribution in [1.29, 1.82) is 0 Å². The first-order valence-electron chi connectivity index (χ1n) is 6.47. The van der Waals surface area contributed by atoms with Crippen LogP contribution in [0.4, 0.5) is 17.3 Å². The molecule has 0 spiro atoms. The Bertz CT molecular complexity index is 596. The Morgan fingerprint density at radius 1 is 0.952 bits per heavy atom. The number of aromatic nitrogens is 3. The number of nitrogens with one attached hydrogen (secondary N) is 1. The number of hydrogen-bond acceptors (Lipinski definition) is 6. The van der Waals surface area contributed by atoms with E-state index in [1.165, 1.54) is 0 Å². The molecule has 0 bridgehead atoms. The quantitative estimate of drug-likeness (QED) is 0.936. The van der Waals surface area contributed by atoms with Gasteiger partial charge in [-0.1, -0.05) is 0 Å². The second-order valence-electron chi connectivity index (χ2n) is 4.47. The fourth-order valence-corrected chi connectivity index (χ4v) is 2.45. The summed E-state index contributed by atoms with van der Waals surface area (Å²) in [5.74, 6) is 0.319. The van der Waals surface area contributed by atoms with Gasteiger partial charge in [-0.2, -0.15) is 15.0 Å². The molecule has 0 atom stereocenters. The lowest BCUT2D eigenvalue weighted by molar-refractivity contribution is 0.122. The molecule has 2 aromatic rings. The van der Waals surface area contributed by atoms with Gasteiger partial charge in [0.15, 0.2) is 0 Å². The highest BCUT2D eigenvalue weighted by atomic mass is 35.5. The molecule has 0 unspecified atom stereocenters. The van der Waals surface area contributed by atoms with Gasteiger partial charge in [0.25, 0.3) is 0 Å². The number of rotatable bonds is 3. The zero-order valence-electron chi connectivity index (χ0n) is 11.1. The van der Waals surface area contributed by atoms with E-state index in [0.717, 1.165) is 37.7 Å². The molecule has 2 heterocycles. The molecular formula is C13H13Cl2N5O. The van der Waals surface area contributed by atoms with Crippen molar-refractivity contribution in [3.63, 3.8) is 0 Å². The number of hydrogen-bond donors (Lipinski definition) is 1. The molecule has 0 amide bonds. The van der Waals surface area contributed by atoms with Crippen molar-refractivity contribution in [2.24, 2.45) is 0 Å². The van der Waals surface area contributed by atoms with Crippen molar-refractivity contribution in [1.82, 2.24) is 15.0 Å². The summed E-state index contributed by atoms with van der Waals surface area (Å²) in [5, 5.41) is 3.16. The molecule has 1 N–H and O–H groups in total. The molecule has 1 saturated heterocycles. The van der Waals surface area contributed by atoms with E-state index in [1.54, 1.807) is 0 Å².